The monoisotopic (exact) mass is 413 g/mol. The van der Waals surface area contributed by atoms with E-state index < -0.39 is 0 Å². The molecule has 3 aromatic rings. The van der Waals surface area contributed by atoms with Crippen molar-refractivity contribution in [1.82, 2.24) is 19.9 Å². The van der Waals surface area contributed by atoms with Gasteiger partial charge in [-0.05, 0) is 30.5 Å². The van der Waals surface area contributed by atoms with E-state index in [2.05, 4.69) is 31.8 Å². The molecule has 158 valence electrons. The van der Waals surface area contributed by atoms with Crippen molar-refractivity contribution in [3.05, 3.63) is 53.5 Å². The van der Waals surface area contributed by atoms with Crippen LogP contribution in [-0.4, -0.2) is 47.2 Å². The molecule has 30 heavy (non-hydrogen) atoms. The second kappa shape index (κ2) is 8.25. The van der Waals surface area contributed by atoms with Crippen LogP contribution < -0.4 is 14.4 Å². The van der Waals surface area contributed by atoms with E-state index in [1.165, 1.54) is 26.4 Å². The standard InChI is InChI=1S/C21H24FN5O3/c1-21(17-23-13-16(30-17)12-14-5-4-6-15(22)11-14)7-9-27(10-8-21)18-24-19(28-2)26-20(25-18)29-3/h4-6,11,13H,7-10,12H2,1-3H3. The van der Waals surface area contributed by atoms with Gasteiger partial charge < -0.3 is 18.8 Å². The third-order valence-corrected chi connectivity index (χ3v) is 5.43. The predicted octanol–water partition coefficient (Wildman–Crippen LogP) is 3.16. The molecule has 1 aromatic carbocycles. The highest BCUT2D eigenvalue weighted by atomic mass is 19.1. The fourth-order valence-electron chi connectivity index (χ4n) is 3.58. The molecule has 9 heteroatoms. The molecule has 0 aliphatic carbocycles. The number of hydrogen-bond donors (Lipinski definition) is 0. The largest absolute Gasteiger partial charge is 0.467 e. The Labute approximate surface area is 174 Å². The minimum Gasteiger partial charge on any atom is -0.467 e. The number of piperidine rings is 1. The third kappa shape index (κ3) is 4.19. The van der Waals surface area contributed by atoms with Gasteiger partial charge >= 0.3 is 12.0 Å². The van der Waals surface area contributed by atoms with Crippen molar-refractivity contribution in [1.29, 1.82) is 0 Å². The molecule has 0 amide bonds. The zero-order chi connectivity index (χ0) is 21.1. The molecule has 0 radical (unpaired) electrons. The van der Waals surface area contributed by atoms with Crippen molar-refractivity contribution in [2.45, 2.75) is 31.6 Å². The molecule has 0 saturated carbocycles. The number of oxazole rings is 1. The van der Waals surface area contributed by atoms with Crippen LogP contribution in [0.3, 0.4) is 0 Å². The number of methoxy groups -OCH3 is 2. The Morgan fingerprint density at radius 1 is 1.10 bits per heavy atom. The summed E-state index contributed by atoms with van der Waals surface area (Å²) < 4.78 is 29.7. The van der Waals surface area contributed by atoms with Gasteiger partial charge in [-0.2, -0.15) is 9.97 Å². The summed E-state index contributed by atoms with van der Waals surface area (Å²) in [5, 5.41) is 0. The van der Waals surface area contributed by atoms with Gasteiger partial charge in [0.05, 0.1) is 20.4 Å². The zero-order valence-electron chi connectivity index (χ0n) is 17.3. The van der Waals surface area contributed by atoms with Gasteiger partial charge in [0.25, 0.3) is 0 Å². The van der Waals surface area contributed by atoms with Gasteiger partial charge in [-0.1, -0.05) is 19.1 Å². The normalized spacial score (nSPS) is 15.8. The summed E-state index contributed by atoms with van der Waals surface area (Å²) in [5.41, 5.74) is 0.660. The molecule has 1 aliphatic rings. The van der Waals surface area contributed by atoms with E-state index in [-0.39, 0.29) is 23.3 Å². The van der Waals surface area contributed by atoms with Gasteiger partial charge in [-0.15, -0.1) is 4.98 Å². The Kier molecular flexibility index (Phi) is 5.52. The van der Waals surface area contributed by atoms with E-state index in [1.54, 1.807) is 12.3 Å². The van der Waals surface area contributed by atoms with E-state index >= 15 is 0 Å². The third-order valence-electron chi connectivity index (χ3n) is 5.43. The number of halogens is 1. The molecule has 0 spiro atoms. The topological polar surface area (TPSA) is 86.4 Å². The zero-order valence-corrected chi connectivity index (χ0v) is 17.3. The Bertz CT molecular complexity index is 995. The molecule has 1 saturated heterocycles. The summed E-state index contributed by atoms with van der Waals surface area (Å²) in [5.74, 6) is 1.71. The molecule has 3 heterocycles. The molecule has 0 N–H and O–H groups in total. The molecule has 4 rings (SSSR count). The molecule has 0 bridgehead atoms. The highest BCUT2D eigenvalue weighted by Crippen LogP contribution is 2.36. The Hall–Kier alpha value is -3.23. The molecule has 1 aliphatic heterocycles. The number of benzene rings is 1. The fourth-order valence-corrected chi connectivity index (χ4v) is 3.58. The summed E-state index contributed by atoms with van der Waals surface area (Å²) in [6, 6.07) is 6.97. The molecular formula is C21H24FN5O3. The Morgan fingerprint density at radius 3 is 2.43 bits per heavy atom. The maximum absolute atomic E-state index is 13.4. The first-order valence-electron chi connectivity index (χ1n) is 9.78. The smallest absolute Gasteiger partial charge is 0.324 e. The van der Waals surface area contributed by atoms with Crippen LogP contribution in [-0.2, 0) is 11.8 Å². The first-order chi connectivity index (χ1) is 14.5. The van der Waals surface area contributed by atoms with Crippen LogP contribution in [0, 0.1) is 5.82 Å². The SMILES string of the molecule is COc1nc(OC)nc(N2CCC(C)(c3ncc(Cc4cccc(F)c4)o3)CC2)n1. The minimum atomic E-state index is -0.252. The van der Waals surface area contributed by atoms with Crippen molar-refractivity contribution in [3.63, 3.8) is 0 Å². The van der Waals surface area contributed by atoms with Crippen molar-refractivity contribution in [3.8, 4) is 12.0 Å². The maximum atomic E-state index is 13.4. The van der Waals surface area contributed by atoms with Crippen LogP contribution in [0.25, 0.3) is 0 Å². The van der Waals surface area contributed by atoms with E-state index in [1.807, 2.05) is 6.07 Å². The van der Waals surface area contributed by atoms with Crippen molar-refractivity contribution in [2.75, 3.05) is 32.2 Å². The lowest BCUT2D eigenvalue weighted by atomic mass is 9.80. The maximum Gasteiger partial charge on any atom is 0.324 e. The van der Waals surface area contributed by atoms with Crippen LogP contribution in [0.2, 0.25) is 0 Å². The fraction of sp³-hybridized carbons (Fsp3) is 0.429. The van der Waals surface area contributed by atoms with Crippen molar-refractivity contribution in [2.24, 2.45) is 0 Å². The van der Waals surface area contributed by atoms with Crippen LogP contribution in [0.4, 0.5) is 10.3 Å². The van der Waals surface area contributed by atoms with Gasteiger partial charge in [0.1, 0.15) is 11.6 Å². The molecular weight excluding hydrogens is 389 g/mol. The van der Waals surface area contributed by atoms with E-state index in [0.29, 0.717) is 18.3 Å². The quantitative estimate of drug-likeness (QED) is 0.609. The lowest BCUT2D eigenvalue weighted by Gasteiger charge is -2.37. The summed E-state index contributed by atoms with van der Waals surface area (Å²) in [6.45, 7) is 3.61. The first-order valence-corrected chi connectivity index (χ1v) is 9.78. The molecule has 1 fully saturated rings. The number of rotatable bonds is 6. The summed E-state index contributed by atoms with van der Waals surface area (Å²) >= 11 is 0. The van der Waals surface area contributed by atoms with Crippen molar-refractivity contribution < 1.29 is 18.3 Å². The van der Waals surface area contributed by atoms with Crippen molar-refractivity contribution >= 4 is 5.95 Å². The number of anilines is 1. The second-order valence-corrected chi connectivity index (χ2v) is 7.59. The van der Waals surface area contributed by atoms with Gasteiger partial charge in [0.2, 0.25) is 5.95 Å². The number of nitrogens with zero attached hydrogens (tertiary/aromatic N) is 5. The lowest BCUT2D eigenvalue weighted by molar-refractivity contribution is 0.276. The van der Waals surface area contributed by atoms with Gasteiger partial charge in [-0.25, -0.2) is 9.37 Å². The molecule has 0 unspecified atom stereocenters. The van der Waals surface area contributed by atoms with Crippen LogP contribution >= 0.6 is 0 Å². The van der Waals surface area contributed by atoms with Crippen LogP contribution in [0.5, 0.6) is 12.0 Å². The Morgan fingerprint density at radius 2 is 1.80 bits per heavy atom. The summed E-state index contributed by atoms with van der Waals surface area (Å²) in [6.07, 6.45) is 3.89. The molecule has 8 nitrogen and oxygen atoms in total. The Balaban J connectivity index is 1.45. The van der Waals surface area contributed by atoms with Gasteiger partial charge in [0.15, 0.2) is 5.89 Å². The van der Waals surface area contributed by atoms with Gasteiger partial charge in [-0.3, -0.25) is 0 Å². The minimum absolute atomic E-state index is 0.197. The average Bonchev–Trinajstić information content (AvgIpc) is 3.23. The number of hydrogen-bond acceptors (Lipinski definition) is 8. The lowest BCUT2D eigenvalue weighted by Crippen LogP contribution is -2.42. The average molecular weight is 413 g/mol. The number of ether oxygens (including phenoxy) is 2. The van der Waals surface area contributed by atoms with Crippen LogP contribution in [0.1, 0.15) is 37.0 Å². The van der Waals surface area contributed by atoms with E-state index in [9.17, 15) is 4.39 Å². The highest BCUT2D eigenvalue weighted by Gasteiger charge is 2.37. The molecule has 2 aromatic heterocycles. The van der Waals surface area contributed by atoms with Gasteiger partial charge in [0, 0.05) is 24.9 Å². The summed E-state index contributed by atoms with van der Waals surface area (Å²) in [7, 11) is 3.02. The summed E-state index contributed by atoms with van der Waals surface area (Å²) in [4.78, 5) is 19.3. The van der Waals surface area contributed by atoms with Crippen LogP contribution in [0.15, 0.2) is 34.9 Å². The van der Waals surface area contributed by atoms with E-state index in [4.69, 9.17) is 13.9 Å². The second-order valence-electron chi connectivity index (χ2n) is 7.59. The first kappa shape index (κ1) is 20.1. The highest BCUT2D eigenvalue weighted by molar-refractivity contribution is 5.34. The molecule has 0 atom stereocenters. The predicted molar refractivity (Wildman–Crippen MR) is 107 cm³/mol. The number of aromatic nitrogens is 4. The van der Waals surface area contributed by atoms with E-state index in [0.717, 1.165) is 37.3 Å².